The summed E-state index contributed by atoms with van der Waals surface area (Å²) in [6, 6.07) is 8.82. The summed E-state index contributed by atoms with van der Waals surface area (Å²) in [5.41, 5.74) is 3.01. The third-order valence-corrected chi connectivity index (χ3v) is 6.93. The van der Waals surface area contributed by atoms with Gasteiger partial charge in [0.2, 0.25) is 0 Å². The van der Waals surface area contributed by atoms with E-state index in [-0.39, 0.29) is 0 Å². The van der Waals surface area contributed by atoms with Gasteiger partial charge in [0, 0.05) is 0 Å². The van der Waals surface area contributed by atoms with Gasteiger partial charge in [0.15, 0.2) is 0 Å². The van der Waals surface area contributed by atoms with Crippen LogP contribution in [-0.2, 0) is 23.2 Å². The second kappa shape index (κ2) is 4.06. The molecule has 1 heteroatoms. The molecule has 0 aromatic heterocycles. The first-order valence-electron chi connectivity index (χ1n) is 5.32. The average molecular weight is 271 g/mol. The monoisotopic (exact) mass is 270 g/mol. The third kappa shape index (κ3) is 1.86. The summed E-state index contributed by atoms with van der Waals surface area (Å²) in [5, 5.41) is 0. The molecule has 0 spiro atoms. The van der Waals surface area contributed by atoms with E-state index in [1.807, 2.05) is 0 Å². The van der Waals surface area contributed by atoms with Crippen molar-refractivity contribution in [3.8, 4) is 0 Å². The molecule has 0 bridgehead atoms. The van der Waals surface area contributed by atoms with E-state index in [4.69, 9.17) is 0 Å². The zero-order valence-corrected chi connectivity index (χ0v) is 10.9. The molecule has 1 aromatic rings. The number of benzene rings is 1. The van der Waals surface area contributed by atoms with Gasteiger partial charge >= 0.3 is 102 Å². The second-order valence-electron chi connectivity index (χ2n) is 3.93. The Morgan fingerprint density at radius 1 is 0.933 bits per heavy atom. The quantitative estimate of drug-likeness (QED) is 0.768. The van der Waals surface area contributed by atoms with Gasteiger partial charge in [-0.05, 0) is 0 Å². The minimum atomic E-state index is -0.399. The first kappa shape index (κ1) is 9.54. The fourth-order valence-electron chi connectivity index (χ4n) is 2.15. The Bertz CT molecular complexity index is 442. The molecule has 0 heterocycles. The fourth-order valence-corrected chi connectivity index (χ4v) is 5.85. The van der Waals surface area contributed by atoms with Crippen molar-refractivity contribution in [1.29, 1.82) is 0 Å². The van der Waals surface area contributed by atoms with Crippen LogP contribution in [0, 0.1) is 0 Å². The zero-order valence-electron chi connectivity index (χ0n) is 8.43. The molecule has 1 atom stereocenters. The summed E-state index contributed by atoms with van der Waals surface area (Å²) in [4.78, 5) is 0. The van der Waals surface area contributed by atoms with Crippen molar-refractivity contribution >= 4 is 6.08 Å². The van der Waals surface area contributed by atoms with Crippen molar-refractivity contribution in [3.63, 3.8) is 0 Å². The van der Waals surface area contributed by atoms with E-state index in [9.17, 15) is 0 Å². The van der Waals surface area contributed by atoms with Crippen LogP contribution in [0.3, 0.4) is 0 Å². The normalized spacial score (nSPS) is 22.0. The van der Waals surface area contributed by atoms with Crippen molar-refractivity contribution in [2.24, 2.45) is 0 Å². The number of fused-ring (bicyclic) bond motifs is 1. The first-order chi connectivity index (χ1) is 7.43. The summed E-state index contributed by atoms with van der Waals surface area (Å²) in [5.74, 6) is 0. The number of rotatable bonds is 2. The average Bonchev–Trinajstić information content (AvgIpc) is 2.89. The van der Waals surface area contributed by atoms with Crippen LogP contribution in [0.15, 0.2) is 54.6 Å². The van der Waals surface area contributed by atoms with E-state index < -0.39 is 23.2 Å². The van der Waals surface area contributed by atoms with E-state index in [2.05, 4.69) is 60.7 Å². The molecule has 2 aliphatic carbocycles. The van der Waals surface area contributed by atoms with Crippen LogP contribution in [0.2, 0.25) is 3.63 Å². The number of hydrogen-bond donors (Lipinski definition) is 0. The third-order valence-electron chi connectivity index (χ3n) is 2.92. The van der Waals surface area contributed by atoms with Gasteiger partial charge in [-0.15, -0.1) is 0 Å². The van der Waals surface area contributed by atoms with Gasteiger partial charge in [-0.25, -0.2) is 0 Å². The summed E-state index contributed by atoms with van der Waals surface area (Å²) in [6.07, 6.45) is 13.8. The molecular weight excluding hydrogens is 259 g/mol. The zero-order chi connectivity index (χ0) is 10.1. The predicted molar refractivity (Wildman–Crippen MR) is 60.2 cm³/mol. The SMILES string of the molecule is C1=C[CH]([Zr+2][CH]2C=Cc3ccccc32)C=C1. The Labute approximate surface area is 102 Å². The summed E-state index contributed by atoms with van der Waals surface area (Å²) >= 11 is -0.399. The fraction of sp³-hybridized carbons (Fsp3) is 0.143. The number of allylic oxidation sites excluding steroid dienone is 5. The molecule has 0 radical (unpaired) electrons. The molecule has 0 N–H and O–H groups in total. The summed E-state index contributed by atoms with van der Waals surface area (Å²) < 4.78 is 1.58. The van der Waals surface area contributed by atoms with E-state index in [0.717, 1.165) is 7.25 Å². The Morgan fingerprint density at radius 2 is 1.73 bits per heavy atom. The molecule has 1 unspecified atom stereocenters. The molecule has 0 aliphatic heterocycles. The van der Waals surface area contributed by atoms with Crippen LogP contribution >= 0.6 is 0 Å². The van der Waals surface area contributed by atoms with E-state index in [1.54, 1.807) is 5.56 Å². The van der Waals surface area contributed by atoms with E-state index in [1.165, 1.54) is 5.56 Å². The molecule has 0 amide bonds. The van der Waals surface area contributed by atoms with Crippen molar-refractivity contribution in [2.45, 2.75) is 7.25 Å². The Morgan fingerprint density at radius 3 is 2.60 bits per heavy atom. The molecule has 70 valence electrons. The molecular formula is C14H12Zr+2. The maximum absolute atomic E-state index is 2.41. The molecule has 2 aliphatic rings. The van der Waals surface area contributed by atoms with E-state index in [0.29, 0.717) is 0 Å². The van der Waals surface area contributed by atoms with Gasteiger partial charge in [0.05, 0.1) is 0 Å². The topological polar surface area (TPSA) is 0 Å². The van der Waals surface area contributed by atoms with Crippen molar-refractivity contribution in [2.75, 3.05) is 0 Å². The van der Waals surface area contributed by atoms with Gasteiger partial charge in [0.25, 0.3) is 0 Å². The van der Waals surface area contributed by atoms with Crippen LogP contribution in [0.4, 0.5) is 0 Å². The van der Waals surface area contributed by atoms with Gasteiger partial charge in [0.1, 0.15) is 0 Å². The van der Waals surface area contributed by atoms with Crippen LogP contribution in [0.1, 0.15) is 14.8 Å². The van der Waals surface area contributed by atoms with Crippen LogP contribution in [0.25, 0.3) is 6.08 Å². The Hall–Kier alpha value is -0.677. The molecule has 0 saturated carbocycles. The molecule has 0 fully saturated rings. The molecule has 0 saturated heterocycles. The van der Waals surface area contributed by atoms with E-state index >= 15 is 0 Å². The molecule has 15 heavy (non-hydrogen) atoms. The summed E-state index contributed by atoms with van der Waals surface area (Å²) in [7, 11) is 0. The van der Waals surface area contributed by atoms with Gasteiger partial charge < -0.3 is 0 Å². The molecule has 0 nitrogen and oxygen atoms in total. The second-order valence-corrected chi connectivity index (χ2v) is 7.91. The van der Waals surface area contributed by atoms with Crippen LogP contribution in [-0.4, -0.2) is 0 Å². The minimum absolute atomic E-state index is 0.399. The van der Waals surface area contributed by atoms with Gasteiger partial charge in [-0.3, -0.25) is 0 Å². The van der Waals surface area contributed by atoms with Gasteiger partial charge in [-0.1, -0.05) is 0 Å². The predicted octanol–water partition coefficient (Wildman–Crippen LogP) is 3.75. The van der Waals surface area contributed by atoms with Crippen molar-refractivity contribution in [1.82, 2.24) is 0 Å². The number of hydrogen-bond acceptors (Lipinski definition) is 0. The van der Waals surface area contributed by atoms with Crippen molar-refractivity contribution < 1.29 is 23.2 Å². The maximum atomic E-state index is 2.41. The standard InChI is InChI=1S/C9H7.C5H5.Zr/c1-2-5-9-7-3-6-8(9)4-1;1-2-4-5-3-1;/h1-7H;1-5H;/q;;+2. The van der Waals surface area contributed by atoms with Gasteiger partial charge in [-0.2, -0.15) is 0 Å². The molecule has 1 aromatic carbocycles. The van der Waals surface area contributed by atoms with Crippen molar-refractivity contribution in [3.05, 3.63) is 65.8 Å². The Kier molecular flexibility index (Phi) is 2.58. The van der Waals surface area contributed by atoms with Crippen LogP contribution < -0.4 is 0 Å². The Balaban J connectivity index is 1.82. The molecule has 3 rings (SSSR count). The van der Waals surface area contributed by atoms with Crippen LogP contribution in [0.5, 0.6) is 0 Å². The first-order valence-corrected chi connectivity index (χ1v) is 8.15. The summed E-state index contributed by atoms with van der Waals surface area (Å²) in [6.45, 7) is 0.